The topological polar surface area (TPSA) is 20.2 Å². The first-order valence-corrected chi connectivity index (χ1v) is 6.65. The average molecular weight is 246 g/mol. The van der Waals surface area contributed by atoms with Gasteiger partial charge in [-0.1, -0.05) is 26.8 Å². The summed E-state index contributed by atoms with van der Waals surface area (Å²) in [6.45, 7) is 8.33. The molecule has 0 aliphatic rings. The number of aromatic hydroxyl groups is 1. The molecule has 0 aliphatic heterocycles. The van der Waals surface area contributed by atoms with Crippen molar-refractivity contribution in [1.82, 2.24) is 0 Å². The van der Waals surface area contributed by atoms with Gasteiger partial charge in [-0.2, -0.15) is 0 Å². The van der Waals surface area contributed by atoms with E-state index < -0.39 is 0 Å². The van der Waals surface area contributed by atoms with Crippen molar-refractivity contribution in [3.63, 3.8) is 0 Å². The van der Waals surface area contributed by atoms with Crippen LogP contribution in [0.25, 0.3) is 10.4 Å². The zero-order valence-corrected chi connectivity index (χ0v) is 11.6. The molecule has 0 fully saturated rings. The molecule has 0 bridgehead atoms. The third-order valence-electron chi connectivity index (χ3n) is 2.91. The first-order valence-electron chi connectivity index (χ1n) is 5.77. The lowest BCUT2D eigenvalue weighted by Gasteiger charge is -2.22. The summed E-state index contributed by atoms with van der Waals surface area (Å²) < 4.78 is 0. The molecule has 1 aromatic carbocycles. The largest absolute Gasteiger partial charge is 0.507 e. The molecule has 0 spiro atoms. The molecule has 17 heavy (non-hydrogen) atoms. The fraction of sp³-hybridized carbons (Fsp3) is 0.333. The van der Waals surface area contributed by atoms with E-state index in [-0.39, 0.29) is 5.41 Å². The summed E-state index contributed by atoms with van der Waals surface area (Å²) >= 11 is 1.73. The van der Waals surface area contributed by atoms with Crippen molar-refractivity contribution in [3.8, 4) is 16.2 Å². The molecular formula is C15H18OS. The smallest absolute Gasteiger partial charge is 0.122 e. The molecule has 2 aromatic rings. The van der Waals surface area contributed by atoms with E-state index in [0.29, 0.717) is 5.75 Å². The normalized spacial score (nSPS) is 11.8. The Morgan fingerprint density at radius 2 is 1.88 bits per heavy atom. The van der Waals surface area contributed by atoms with Crippen LogP contribution in [-0.4, -0.2) is 5.11 Å². The number of rotatable bonds is 1. The molecule has 0 amide bonds. The Hall–Kier alpha value is -1.28. The Kier molecular flexibility index (Phi) is 3.00. The number of thiophene rings is 1. The standard InChI is InChI=1S/C15H18OS/c1-10-8-11(13-6-5-7-17-13)9-12(14(10)16)15(2,3)4/h5-9,16H,1-4H3. The molecule has 90 valence electrons. The fourth-order valence-corrected chi connectivity index (χ4v) is 2.65. The van der Waals surface area contributed by atoms with Gasteiger partial charge in [0.1, 0.15) is 5.75 Å². The number of phenolic OH excluding ortho intramolecular Hbond substituents is 1. The number of hydrogen-bond acceptors (Lipinski definition) is 2. The van der Waals surface area contributed by atoms with Crippen LogP contribution in [-0.2, 0) is 5.41 Å². The average Bonchev–Trinajstić information content (AvgIpc) is 2.73. The van der Waals surface area contributed by atoms with Gasteiger partial charge in [0, 0.05) is 10.4 Å². The molecule has 1 nitrogen and oxygen atoms in total. The van der Waals surface area contributed by atoms with Crippen LogP contribution < -0.4 is 0 Å². The lowest BCUT2D eigenvalue weighted by molar-refractivity contribution is 0.443. The van der Waals surface area contributed by atoms with Gasteiger partial charge in [-0.05, 0) is 47.0 Å². The third-order valence-corrected chi connectivity index (χ3v) is 3.83. The summed E-state index contributed by atoms with van der Waals surface area (Å²) in [6, 6.07) is 8.33. The Morgan fingerprint density at radius 3 is 2.41 bits per heavy atom. The van der Waals surface area contributed by atoms with E-state index in [0.717, 1.165) is 11.1 Å². The SMILES string of the molecule is Cc1cc(-c2cccs2)cc(C(C)(C)C)c1O. The van der Waals surface area contributed by atoms with Crippen molar-refractivity contribution in [1.29, 1.82) is 0 Å². The van der Waals surface area contributed by atoms with E-state index in [1.807, 2.05) is 6.92 Å². The monoisotopic (exact) mass is 246 g/mol. The number of hydrogen-bond donors (Lipinski definition) is 1. The van der Waals surface area contributed by atoms with Crippen LogP contribution in [0.2, 0.25) is 0 Å². The Balaban J connectivity index is 2.62. The molecule has 0 radical (unpaired) electrons. The van der Waals surface area contributed by atoms with E-state index in [4.69, 9.17) is 0 Å². The van der Waals surface area contributed by atoms with Gasteiger partial charge in [0.2, 0.25) is 0 Å². The van der Waals surface area contributed by atoms with Crippen LogP contribution in [0.15, 0.2) is 29.6 Å². The molecule has 0 unspecified atom stereocenters. The van der Waals surface area contributed by atoms with Gasteiger partial charge in [0.25, 0.3) is 0 Å². The van der Waals surface area contributed by atoms with Crippen LogP contribution in [0.1, 0.15) is 31.9 Å². The highest BCUT2D eigenvalue weighted by Gasteiger charge is 2.20. The van der Waals surface area contributed by atoms with Gasteiger partial charge in [-0.25, -0.2) is 0 Å². The van der Waals surface area contributed by atoms with Crippen molar-refractivity contribution >= 4 is 11.3 Å². The van der Waals surface area contributed by atoms with Crippen molar-refractivity contribution in [2.45, 2.75) is 33.1 Å². The molecule has 1 aromatic heterocycles. The summed E-state index contributed by atoms with van der Waals surface area (Å²) in [5.41, 5.74) is 3.12. The molecule has 2 heteroatoms. The molecular weight excluding hydrogens is 228 g/mol. The van der Waals surface area contributed by atoms with Crippen molar-refractivity contribution < 1.29 is 5.11 Å². The maximum absolute atomic E-state index is 10.2. The fourth-order valence-electron chi connectivity index (χ4n) is 1.94. The lowest BCUT2D eigenvalue weighted by atomic mass is 9.84. The van der Waals surface area contributed by atoms with Crippen LogP contribution in [0.5, 0.6) is 5.75 Å². The van der Waals surface area contributed by atoms with Crippen LogP contribution in [0, 0.1) is 6.92 Å². The van der Waals surface area contributed by atoms with Gasteiger partial charge >= 0.3 is 0 Å². The van der Waals surface area contributed by atoms with E-state index in [2.05, 4.69) is 50.4 Å². The van der Waals surface area contributed by atoms with Gasteiger partial charge < -0.3 is 5.11 Å². The van der Waals surface area contributed by atoms with E-state index in [9.17, 15) is 5.11 Å². The molecule has 0 saturated heterocycles. The lowest BCUT2D eigenvalue weighted by Crippen LogP contribution is -2.12. The van der Waals surface area contributed by atoms with Crippen molar-refractivity contribution in [2.24, 2.45) is 0 Å². The third kappa shape index (κ3) is 2.37. The Bertz CT molecular complexity index is 519. The minimum Gasteiger partial charge on any atom is -0.507 e. The van der Waals surface area contributed by atoms with Crippen molar-refractivity contribution in [3.05, 3.63) is 40.8 Å². The first-order chi connectivity index (χ1) is 7.89. The molecule has 0 atom stereocenters. The first kappa shape index (κ1) is 12.2. The Labute approximate surface area is 107 Å². The van der Waals surface area contributed by atoms with Crippen LogP contribution in [0.3, 0.4) is 0 Å². The number of aryl methyl sites for hydroxylation is 1. The minimum atomic E-state index is -0.0396. The highest BCUT2D eigenvalue weighted by molar-refractivity contribution is 7.13. The predicted octanol–water partition coefficient (Wildman–Crippen LogP) is 4.73. The van der Waals surface area contributed by atoms with Crippen molar-refractivity contribution in [2.75, 3.05) is 0 Å². The van der Waals surface area contributed by atoms with Gasteiger partial charge in [-0.3, -0.25) is 0 Å². The second-order valence-corrected chi connectivity index (χ2v) is 6.36. The van der Waals surface area contributed by atoms with E-state index in [1.54, 1.807) is 11.3 Å². The summed E-state index contributed by atoms with van der Waals surface area (Å²) in [5.74, 6) is 0.429. The maximum atomic E-state index is 10.2. The summed E-state index contributed by atoms with van der Waals surface area (Å²) in [4.78, 5) is 1.25. The second kappa shape index (κ2) is 4.19. The summed E-state index contributed by atoms with van der Waals surface area (Å²) in [6.07, 6.45) is 0. The summed E-state index contributed by atoms with van der Waals surface area (Å²) in [5, 5.41) is 12.2. The van der Waals surface area contributed by atoms with Crippen LogP contribution >= 0.6 is 11.3 Å². The van der Waals surface area contributed by atoms with Gasteiger partial charge in [-0.15, -0.1) is 11.3 Å². The zero-order chi connectivity index (χ0) is 12.6. The molecule has 1 heterocycles. The highest BCUT2D eigenvalue weighted by atomic mass is 32.1. The quantitative estimate of drug-likeness (QED) is 0.771. The molecule has 1 N–H and O–H groups in total. The molecule has 0 aliphatic carbocycles. The highest BCUT2D eigenvalue weighted by Crippen LogP contribution is 2.37. The maximum Gasteiger partial charge on any atom is 0.122 e. The second-order valence-electron chi connectivity index (χ2n) is 5.42. The van der Waals surface area contributed by atoms with E-state index >= 15 is 0 Å². The predicted molar refractivity (Wildman–Crippen MR) is 74.9 cm³/mol. The zero-order valence-electron chi connectivity index (χ0n) is 10.7. The summed E-state index contributed by atoms with van der Waals surface area (Å²) in [7, 11) is 0. The molecule has 0 saturated carbocycles. The van der Waals surface area contributed by atoms with Crippen LogP contribution in [0.4, 0.5) is 0 Å². The number of phenols is 1. The van der Waals surface area contributed by atoms with Gasteiger partial charge in [0.15, 0.2) is 0 Å². The molecule has 2 rings (SSSR count). The number of benzene rings is 1. The van der Waals surface area contributed by atoms with Gasteiger partial charge in [0.05, 0.1) is 0 Å². The Morgan fingerprint density at radius 1 is 1.18 bits per heavy atom. The minimum absolute atomic E-state index is 0.0396. The van der Waals surface area contributed by atoms with E-state index in [1.165, 1.54) is 10.4 Å².